The second-order valence-electron chi connectivity index (χ2n) is 4.94. The zero-order chi connectivity index (χ0) is 12.5. The van der Waals surface area contributed by atoms with Crippen molar-refractivity contribution in [2.24, 2.45) is 5.73 Å². The average Bonchev–Trinajstić information content (AvgIpc) is 2.96. The Kier molecular flexibility index (Phi) is 3.49. The van der Waals surface area contributed by atoms with Gasteiger partial charge in [-0.15, -0.1) is 0 Å². The molecule has 3 atom stereocenters. The van der Waals surface area contributed by atoms with Gasteiger partial charge in [-0.2, -0.15) is 4.98 Å². The van der Waals surface area contributed by atoms with Crippen LogP contribution < -0.4 is 5.73 Å². The van der Waals surface area contributed by atoms with E-state index < -0.39 is 5.54 Å². The number of rotatable bonds is 4. The van der Waals surface area contributed by atoms with Crippen molar-refractivity contribution < 1.29 is 9.26 Å². The maximum atomic E-state index is 6.10. The van der Waals surface area contributed by atoms with Crippen molar-refractivity contribution in [3.8, 4) is 0 Å². The molecular weight excluding hydrogens is 218 g/mol. The summed E-state index contributed by atoms with van der Waals surface area (Å²) >= 11 is 0. The molecule has 0 spiro atoms. The van der Waals surface area contributed by atoms with Crippen molar-refractivity contribution in [3.05, 3.63) is 11.7 Å². The summed E-state index contributed by atoms with van der Waals surface area (Å²) in [6.07, 6.45) is 2.91. The molecule has 0 aliphatic carbocycles. The molecule has 1 saturated heterocycles. The molecule has 0 aromatic carbocycles. The maximum absolute atomic E-state index is 6.10. The van der Waals surface area contributed by atoms with Crippen LogP contribution in [0.3, 0.4) is 0 Å². The highest BCUT2D eigenvalue weighted by atomic mass is 16.5. The van der Waals surface area contributed by atoms with Gasteiger partial charge in [-0.05, 0) is 26.2 Å². The predicted molar refractivity (Wildman–Crippen MR) is 63.5 cm³/mol. The fourth-order valence-corrected chi connectivity index (χ4v) is 2.11. The van der Waals surface area contributed by atoms with Crippen LogP contribution in [0, 0.1) is 0 Å². The van der Waals surface area contributed by atoms with Crippen LogP contribution in [0.5, 0.6) is 0 Å². The van der Waals surface area contributed by atoms with Crippen molar-refractivity contribution in [1.29, 1.82) is 0 Å². The Bertz CT molecular complexity index is 376. The Morgan fingerprint density at radius 1 is 1.47 bits per heavy atom. The van der Waals surface area contributed by atoms with Gasteiger partial charge < -0.3 is 15.0 Å². The fraction of sp³-hybridized carbons (Fsp3) is 0.833. The molecule has 0 bridgehead atoms. The van der Waals surface area contributed by atoms with Crippen LogP contribution in [0.1, 0.15) is 57.7 Å². The fourth-order valence-electron chi connectivity index (χ4n) is 2.11. The molecule has 1 aromatic rings. The van der Waals surface area contributed by atoms with E-state index in [1.165, 1.54) is 0 Å². The first-order valence-electron chi connectivity index (χ1n) is 6.33. The first-order valence-corrected chi connectivity index (χ1v) is 6.33. The van der Waals surface area contributed by atoms with E-state index in [0.717, 1.165) is 25.9 Å². The van der Waals surface area contributed by atoms with Gasteiger partial charge in [-0.1, -0.05) is 19.0 Å². The summed E-state index contributed by atoms with van der Waals surface area (Å²) in [6, 6.07) is 0. The molecule has 0 radical (unpaired) electrons. The second kappa shape index (κ2) is 4.74. The predicted octanol–water partition coefficient (Wildman–Crippen LogP) is 1.94. The minimum absolute atomic E-state index is 0.203. The van der Waals surface area contributed by atoms with Gasteiger partial charge in [0.05, 0.1) is 17.6 Å². The van der Waals surface area contributed by atoms with Crippen LogP contribution in [0.4, 0.5) is 0 Å². The topological polar surface area (TPSA) is 74.2 Å². The summed E-state index contributed by atoms with van der Waals surface area (Å²) in [5.41, 5.74) is 5.59. The Balaban J connectivity index is 2.18. The zero-order valence-corrected chi connectivity index (χ0v) is 10.8. The highest BCUT2D eigenvalue weighted by Gasteiger charge is 2.34. The Labute approximate surface area is 102 Å². The van der Waals surface area contributed by atoms with Gasteiger partial charge >= 0.3 is 0 Å². The van der Waals surface area contributed by atoms with Crippen molar-refractivity contribution >= 4 is 0 Å². The number of hydrogen-bond donors (Lipinski definition) is 1. The van der Waals surface area contributed by atoms with Crippen LogP contribution in [0.2, 0.25) is 0 Å². The van der Waals surface area contributed by atoms with Gasteiger partial charge in [0.2, 0.25) is 5.89 Å². The standard InChI is InChI=1S/C12H21N3O2/c1-4-9-8(6-7-16-9)10-14-11(15-17-10)12(3,13)5-2/h8-9H,4-7,13H2,1-3H3. The molecular formula is C12H21N3O2. The van der Waals surface area contributed by atoms with Crippen LogP contribution in [-0.2, 0) is 10.3 Å². The van der Waals surface area contributed by atoms with Gasteiger partial charge in [0.25, 0.3) is 0 Å². The summed E-state index contributed by atoms with van der Waals surface area (Å²) in [5.74, 6) is 1.50. The molecule has 17 heavy (non-hydrogen) atoms. The summed E-state index contributed by atoms with van der Waals surface area (Å²) in [7, 11) is 0. The van der Waals surface area contributed by atoms with E-state index in [1.807, 2.05) is 13.8 Å². The summed E-state index contributed by atoms with van der Waals surface area (Å²) < 4.78 is 11.0. The Morgan fingerprint density at radius 2 is 2.24 bits per heavy atom. The molecule has 1 aliphatic heterocycles. The van der Waals surface area contributed by atoms with Crippen LogP contribution in [-0.4, -0.2) is 22.9 Å². The summed E-state index contributed by atoms with van der Waals surface area (Å²) in [6.45, 7) is 6.82. The highest BCUT2D eigenvalue weighted by Crippen LogP contribution is 2.32. The molecule has 0 saturated carbocycles. The molecule has 2 N–H and O–H groups in total. The van der Waals surface area contributed by atoms with Gasteiger partial charge in [0.15, 0.2) is 5.82 Å². The van der Waals surface area contributed by atoms with E-state index in [-0.39, 0.29) is 12.0 Å². The maximum Gasteiger partial charge on any atom is 0.232 e. The van der Waals surface area contributed by atoms with E-state index in [4.69, 9.17) is 15.0 Å². The van der Waals surface area contributed by atoms with Crippen molar-refractivity contribution in [2.75, 3.05) is 6.61 Å². The molecule has 1 aromatic heterocycles. The van der Waals surface area contributed by atoms with E-state index in [2.05, 4.69) is 17.1 Å². The third-order valence-corrected chi connectivity index (χ3v) is 3.62. The smallest absolute Gasteiger partial charge is 0.232 e. The molecule has 1 fully saturated rings. The second-order valence-corrected chi connectivity index (χ2v) is 4.94. The van der Waals surface area contributed by atoms with Crippen molar-refractivity contribution in [2.45, 2.75) is 57.6 Å². The Hall–Kier alpha value is -0.940. The SMILES string of the molecule is CCC1OCCC1c1nc(C(C)(N)CC)no1. The molecule has 2 heterocycles. The van der Waals surface area contributed by atoms with Crippen molar-refractivity contribution in [3.63, 3.8) is 0 Å². The van der Waals surface area contributed by atoms with Gasteiger partial charge in [0.1, 0.15) is 0 Å². The number of ether oxygens (including phenoxy) is 1. The minimum Gasteiger partial charge on any atom is -0.377 e. The lowest BCUT2D eigenvalue weighted by atomic mass is 9.98. The molecule has 1 aliphatic rings. The van der Waals surface area contributed by atoms with E-state index >= 15 is 0 Å². The zero-order valence-electron chi connectivity index (χ0n) is 10.8. The normalized spacial score (nSPS) is 28.2. The van der Waals surface area contributed by atoms with E-state index in [0.29, 0.717) is 11.7 Å². The molecule has 3 unspecified atom stereocenters. The lowest BCUT2D eigenvalue weighted by molar-refractivity contribution is 0.0953. The average molecular weight is 239 g/mol. The lowest BCUT2D eigenvalue weighted by Gasteiger charge is -2.17. The largest absolute Gasteiger partial charge is 0.377 e. The minimum atomic E-state index is -0.511. The number of nitrogens with zero attached hydrogens (tertiary/aromatic N) is 2. The molecule has 5 heteroatoms. The quantitative estimate of drug-likeness (QED) is 0.869. The van der Waals surface area contributed by atoms with Crippen LogP contribution >= 0.6 is 0 Å². The first kappa shape index (κ1) is 12.5. The van der Waals surface area contributed by atoms with E-state index in [1.54, 1.807) is 0 Å². The first-order chi connectivity index (χ1) is 8.08. The van der Waals surface area contributed by atoms with Gasteiger partial charge in [0, 0.05) is 6.61 Å². The molecule has 96 valence electrons. The number of nitrogens with two attached hydrogens (primary N) is 1. The monoisotopic (exact) mass is 239 g/mol. The molecule has 0 amide bonds. The number of aromatic nitrogens is 2. The number of hydrogen-bond acceptors (Lipinski definition) is 5. The van der Waals surface area contributed by atoms with Gasteiger partial charge in [-0.3, -0.25) is 0 Å². The van der Waals surface area contributed by atoms with Gasteiger partial charge in [-0.25, -0.2) is 0 Å². The van der Waals surface area contributed by atoms with Crippen LogP contribution in [0.25, 0.3) is 0 Å². The summed E-state index contributed by atoms with van der Waals surface area (Å²) in [5, 5.41) is 4.01. The van der Waals surface area contributed by atoms with Crippen molar-refractivity contribution in [1.82, 2.24) is 10.1 Å². The molecule has 5 nitrogen and oxygen atoms in total. The Morgan fingerprint density at radius 3 is 2.88 bits per heavy atom. The lowest BCUT2D eigenvalue weighted by Crippen LogP contribution is -2.33. The molecule has 2 rings (SSSR count). The highest BCUT2D eigenvalue weighted by molar-refractivity contribution is 5.05. The van der Waals surface area contributed by atoms with Crippen LogP contribution in [0.15, 0.2) is 4.52 Å². The summed E-state index contributed by atoms with van der Waals surface area (Å²) in [4.78, 5) is 4.45. The van der Waals surface area contributed by atoms with E-state index in [9.17, 15) is 0 Å². The third-order valence-electron chi connectivity index (χ3n) is 3.62. The third kappa shape index (κ3) is 2.35.